The Kier molecular flexibility index (Phi) is 4.02. The fraction of sp³-hybridized carbons (Fsp3) is 0.556. The first kappa shape index (κ1) is 10.3. The Morgan fingerprint density at radius 1 is 1.62 bits per heavy atom. The van der Waals surface area contributed by atoms with Crippen LogP contribution < -0.4 is 5.32 Å². The number of rotatable bonds is 4. The van der Waals surface area contributed by atoms with E-state index in [0.29, 0.717) is 5.25 Å². The average Bonchev–Trinajstić information content (AvgIpc) is 2.14. The fourth-order valence-electron chi connectivity index (χ4n) is 0.886. The van der Waals surface area contributed by atoms with Crippen molar-refractivity contribution in [3.63, 3.8) is 0 Å². The Balaban J connectivity index is 2.45. The summed E-state index contributed by atoms with van der Waals surface area (Å²) >= 11 is 1.84. The standard InChI is InChI=1S/C9H15N3S/c1-7(13-3)6-11-9-4-5-10-8(2)12-9/h4-5,7H,6H2,1-3H3,(H,10,11,12). The van der Waals surface area contributed by atoms with Crippen LogP contribution in [0.4, 0.5) is 5.82 Å². The van der Waals surface area contributed by atoms with Crippen LogP contribution in [-0.2, 0) is 0 Å². The first-order chi connectivity index (χ1) is 6.22. The van der Waals surface area contributed by atoms with Crippen molar-refractivity contribution in [2.24, 2.45) is 0 Å². The van der Waals surface area contributed by atoms with Gasteiger partial charge in [0.15, 0.2) is 0 Å². The third-order valence-corrected chi connectivity index (χ3v) is 2.72. The topological polar surface area (TPSA) is 37.8 Å². The van der Waals surface area contributed by atoms with E-state index in [1.54, 1.807) is 6.20 Å². The first-order valence-corrected chi connectivity index (χ1v) is 5.57. The Bertz CT molecular complexity index is 265. The quantitative estimate of drug-likeness (QED) is 0.800. The molecule has 13 heavy (non-hydrogen) atoms. The summed E-state index contributed by atoms with van der Waals surface area (Å²) in [4.78, 5) is 8.28. The van der Waals surface area contributed by atoms with Crippen molar-refractivity contribution < 1.29 is 0 Å². The molecule has 4 heteroatoms. The SMILES string of the molecule is CSC(C)CNc1ccnc(C)n1. The molecule has 1 aromatic heterocycles. The normalized spacial score (nSPS) is 12.5. The lowest BCUT2D eigenvalue weighted by atomic mass is 10.4. The second-order valence-corrected chi connectivity index (χ2v) is 4.19. The van der Waals surface area contributed by atoms with E-state index in [1.165, 1.54) is 0 Å². The molecule has 0 saturated heterocycles. The van der Waals surface area contributed by atoms with Gasteiger partial charge in [-0.05, 0) is 19.2 Å². The molecule has 0 amide bonds. The summed E-state index contributed by atoms with van der Waals surface area (Å²) in [7, 11) is 0. The number of hydrogen-bond donors (Lipinski definition) is 1. The predicted octanol–water partition coefficient (Wildman–Crippen LogP) is 1.95. The van der Waals surface area contributed by atoms with Gasteiger partial charge in [0.25, 0.3) is 0 Å². The summed E-state index contributed by atoms with van der Waals surface area (Å²) in [6.07, 6.45) is 3.88. The van der Waals surface area contributed by atoms with Crippen LogP contribution in [-0.4, -0.2) is 28.0 Å². The molecule has 0 aromatic carbocycles. The van der Waals surface area contributed by atoms with E-state index in [0.717, 1.165) is 18.2 Å². The van der Waals surface area contributed by atoms with Gasteiger partial charge in [0.2, 0.25) is 0 Å². The van der Waals surface area contributed by atoms with Crippen LogP contribution >= 0.6 is 11.8 Å². The molecular formula is C9H15N3S. The Morgan fingerprint density at radius 2 is 2.38 bits per heavy atom. The van der Waals surface area contributed by atoms with E-state index in [9.17, 15) is 0 Å². The van der Waals surface area contributed by atoms with Gasteiger partial charge in [-0.15, -0.1) is 0 Å². The maximum Gasteiger partial charge on any atom is 0.129 e. The zero-order valence-corrected chi connectivity index (χ0v) is 9.06. The summed E-state index contributed by atoms with van der Waals surface area (Å²) in [6.45, 7) is 5.02. The molecule has 0 aliphatic carbocycles. The van der Waals surface area contributed by atoms with Crippen molar-refractivity contribution in [2.75, 3.05) is 18.1 Å². The summed E-state index contributed by atoms with van der Waals surface area (Å²) in [5.41, 5.74) is 0. The van der Waals surface area contributed by atoms with Crippen LogP contribution in [0.15, 0.2) is 12.3 Å². The second kappa shape index (κ2) is 5.07. The van der Waals surface area contributed by atoms with Crippen molar-refractivity contribution in [1.82, 2.24) is 9.97 Å². The highest BCUT2D eigenvalue weighted by Gasteiger charge is 1.99. The van der Waals surface area contributed by atoms with Crippen LogP contribution in [0.3, 0.4) is 0 Å². The van der Waals surface area contributed by atoms with Crippen LogP contribution in [0, 0.1) is 6.92 Å². The molecule has 0 aliphatic heterocycles. The molecule has 1 heterocycles. The third-order valence-electron chi connectivity index (χ3n) is 1.75. The lowest BCUT2D eigenvalue weighted by Crippen LogP contribution is -2.13. The van der Waals surface area contributed by atoms with Crippen molar-refractivity contribution in [3.05, 3.63) is 18.1 Å². The number of aromatic nitrogens is 2. The summed E-state index contributed by atoms with van der Waals surface area (Å²) in [5, 5.41) is 3.87. The van der Waals surface area contributed by atoms with Crippen molar-refractivity contribution in [2.45, 2.75) is 19.1 Å². The van der Waals surface area contributed by atoms with Gasteiger partial charge in [0.1, 0.15) is 11.6 Å². The van der Waals surface area contributed by atoms with Crippen LogP contribution in [0.2, 0.25) is 0 Å². The number of nitrogens with one attached hydrogen (secondary N) is 1. The highest BCUT2D eigenvalue weighted by molar-refractivity contribution is 7.99. The van der Waals surface area contributed by atoms with E-state index >= 15 is 0 Å². The molecule has 1 aromatic rings. The lowest BCUT2D eigenvalue weighted by molar-refractivity contribution is 0.971. The van der Waals surface area contributed by atoms with Crippen LogP contribution in [0.5, 0.6) is 0 Å². The van der Waals surface area contributed by atoms with Crippen LogP contribution in [0.1, 0.15) is 12.7 Å². The zero-order chi connectivity index (χ0) is 9.68. The van der Waals surface area contributed by atoms with Crippen molar-refractivity contribution in [3.8, 4) is 0 Å². The zero-order valence-electron chi connectivity index (χ0n) is 8.24. The predicted molar refractivity (Wildman–Crippen MR) is 58.2 cm³/mol. The molecule has 1 unspecified atom stereocenters. The van der Waals surface area contributed by atoms with E-state index < -0.39 is 0 Å². The molecule has 0 saturated carbocycles. The highest BCUT2D eigenvalue weighted by atomic mass is 32.2. The van der Waals surface area contributed by atoms with Gasteiger partial charge >= 0.3 is 0 Å². The maximum absolute atomic E-state index is 4.25. The van der Waals surface area contributed by atoms with Gasteiger partial charge in [-0.25, -0.2) is 9.97 Å². The molecule has 72 valence electrons. The molecular weight excluding hydrogens is 182 g/mol. The number of hydrogen-bond acceptors (Lipinski definition) is 4. The van der Waals surface area contributed by atoms with E-state index in [2.05, 4.69) is 28.5 Å². The highest BCUT2D eigenvalue weighted by Crippen LogP contribution is 2.07. The summed E-state index contributed by atoms with van der Waals surface area (Å²) in [5.74, 6) is 1.72. The molecule has 1 N–H and O–H groups in total. The molecule has 0 bridgehead atoms. The monoisotopic (exact) mass is 197 g/mol. The molecule has 3 nitrogen and oxygen atoms in total. The smallest absolute Gasteiger partial charge is 0.129 e. The summed E-state index contributed by atoms with van der Waals surface area (Å²) in [6, 6.07) is 1.89. The third kappa shape index (κ3) is 3.63. The summed E-state index contributed by atoms with van der Waals surface area (Å²) < 4.78 is 0. The van der Waals surface area contributed by atoms with Gasteiger partial charge in [0, 0.05) is 18.0 Å². The van der Waals surface area contributed by atoms with Gasteiger partial charge < -0.3 is 5.32 Å². The number of aryl methyl sites for hydroxylation is 1. The maximum atomic E-state index is 4.25. The number of nitrogens with zero attached hydrogens (tertiary/aromatic N) is 2. The van der Waals surface area contributed by atoms with E-state index in [1.807, 2.05) is 24.8 Å². The van der Waals surface area contributed by atoms with Gasteiger partial charge in [-0.2, -0.15) is 11.8 Å². The number of anilines is 1. The largest absolute Gasteiger partial charge is 0.369 e. The van der Waals surface area contributed by atoms with Gasteiger partial charge in [-0.1, -0.05) is 6.92 Å². The Morgan fingerprint density at radius 3 is 3.00 bits per heavy atom. The molecule has 0 spiro atoms. The fourth-order valence-corrected chi connectivity index (χ4v) is 1.14. The lowest BCUT2D eigenvalue weighted by Gasteiger charge is -2.09. The second-order valence-electron chi connectivity index (χ2n) is 2.92. The molecule has 0 fully saturated rings. The molecule has 0 radical (unpaired) electrons. The molecule has 1 rings (SSSR count). The number of thioether (sulfide) groups is 1. The molecule has 0 aliphatic rings. The Hall–Kier alpha value is -0.770. The van der Waals surface area contributed by atoms with Crippen LogP contribution in [0.25, 0.3) is 0 Å². The van der Waals surface area contributed by atoms with E-state index in [4.69, 9.17) is 0 Å². The van der Waals surface area contributed by atoms with Gasteiger partial charge in [0.05, 0.1) is 0 Å². The van der Waals surface area contributed by atoms with Gasteiger partial charge in [-0.3, -0.25) is 0 Å². The molecule has 1 atom stereocenters. The Labute approximate surface area is 83.4 Å². The minimum absolute atomic E-state index is 0.607. The first-order valence-electron chi connectivity index (χ1n) is 4.28. The van der Waals surface area contributed by atoms with Crippen molar-refractivity contribution in [1.29, 1.82) is 0 Å². The minimum atomic E-state index is 0.607. The minimum Gasteiger partial charge on any atom is -0.369 e. The van der Waals surface area contributed by atoms with Crippen molar-refractivity contribution >= 4 is 17.6 Å². The average molecular weight is 197 g/mol. The van der Waals surface area contributed by atoms with E-state index in [-0.39, 0.29) is 0 Å².